The summed E-state index contributed by atoms with van der Waals surface area (Å²) in [6, 6.07) is 3.66. The van der Waals surface area contributed by atoms with Crippen LogP contribution in [0.15, 0.2) is 22.8 Å². The van der Waals surface area contributed by atoms with Gasteiger partial charge in [-0.2, -0.15) is 0 Å². The largest absolute Gasteiger partial charge is 0.467 e. The molecule has 31 heavy (non-hydrogen) atoms. The van der Waals surface area contributed by atoms with Crippen molar-refractivity contribution < 1.29 is 28.6 Å². The third-order valence-corrected chi connectivity index (χ3v) is 4.72. The lowest BCUT2D eigenvalue weighted by Crippen LogP contribution is -2.46. The Morgan fingerprint density at radius 1 is 1.10 bits per heavy atom. The van der Waals surface area contributed by atoms with Gasteiger partial charge in [-0.25, -0.2) is 19.4 Å². The Balaban J connectivity index is 2.42. The SMILES string of the molecule is COC(=O)[C@@H]1C[C@H](N(C(=O)OC(C)(C)C)c2cccc(Br)n2)CN1C(=O)OC(C)(C)C. The molecule has 1 saturated heterocycles. The van der Waals surface area contributed by atoms with E-state index in [2.05, 4.69) is 20.9 Å². The molecule has 0 N–H and O–H groups in total. The van der Waals surface area contributed by atoms with Crippen molar-refractivity contribution in [3.63, 3.8) is 0 Å². The van der Waals surface area contributed by atoms with E-state index in [1.54, 1.807) is 59.7 Å². The number of halogens is 1. The van der Waals surface area contributed by atoms with E-state index in [1.807, 2.05) is 0 Å². The molecule has 172 valence electrons. The summed E-state index contributed by atoms with van der Waals surface area (Å²) < 4.78 is 16.5. The zero-order valence-electron chi connectivity index (χ0n) is 19.0. The Hall–Kier alpha value is -2.36. The van der Waals surface area contributed by atoms with Gasteiger partial charge in [0.25, 0.3) is 0 Å². The number of pyridine rings is 1. The van der Waals surface area contributed by atoms with E-state index in [0.717, 1.165) is 0 Å². The molecule has 0 saturated carbocycles. The highest BCUT2D eigenvalue weighted by atomic mass is 79.9. The molecule has 2 rings (SSSR count). The van der Waals surface area contributed by atoms with E-state index in [0.29, 0.717) is 10.4 Å². The number of methoxy groups -OCH3 is 1. The number of nitrogens with zero attached hydrogens (tertiary/aromatic N) is 3. The summed E-state index contributed by atoms with van der Waals surface area (Å²) in [5, 5.41) is 0. The molecule has 2 heterocycles. The maximum Gasteiger partial charge on any atom is 0.416 e. The van der Waals surface area contributed by atoms with Crippen molar-refractivity contribution in [2.75, 3.05) is 18.6 Å². The van der Waals surface area contributed by atoms with E-state index < -0.39 is 41.4 Å². The van der Waals surface area contributed by atoms with E-state index in [4.69, 9.17) is 14.2 Å². The first-order chi connectivity index (χ1) is 14.2. The van der Waals surface area contributed by atoms with Crippen molar-refractivity contribution >= 4 is 39.9 Å². The monoisotopic (exact) mass is 499 g/mol. The molecule has 0 unspecified atom stereocenters. The van der Waals surface area contributed by atoms with Crippen molar-refractivity contribution in [3.8, 4) is 0 Å². The number of anilines is 1. The van der Waals surface area contributed by atoms with Crippen LogP contribution in [0.3, 0.4) is 0 Å². The summed E-state index contributed by atoms with van der Waals surface area (Å²) >= 11 is 3.32. The molecule has 1 aromatic rings. The van der Waals surface area contributed by atoms with E-state index >= 15 is 0 Å². The summed E-state index contributed by atoms with van der Waals surface area (Å²) in [4.78, 5) is 45.4. The zero-order chi connectivity index (χ0) is 23.6. The highest BCUT2D eigenvalue weighted by Gasteiger charge is 2.46. The average Bonchev–Trinajstić information content (AvgIpc) is 3.03. The van der Waals surface area contributed by atoms with Crippen LogP contribution in [0, 0.1) is 0 Å². The molecule has 1 aliphatic rings. The van der Waals surface area contributed by atoms with Crippen LogP contribution in [0.2, 0.25) is 0 Å². The van der Waals surface area contributed by atoms with E-state index in [-0.39, 0.29) is 13.0 Å². The fourth-order valence-corrected chi connectivity index (χ4v) is 3.49. The summed E-state index contributed by atoms with van der Waals surface area (Å²) in [5.74, 6) is -0.247. The second kappa shape index (κ2) is 9.42. The molecular weight excluding hydrogens is 470 g/mol. The minimum absolute atomic E-state index is 0.0577. The first kappa shape index (κ1) is 24.9. The van der Waals surface area contributed by atoms with Gasteiger partial charge in [-0.3, -0.25) is 9.80 Å². The number of carbonyl (C=O) groups is 3. The summed E-state index contributed by atoms with van der Waals surface area (Å²) in [6.45, 7) is 10.6. The number of rotatable bonds is 3. The van der Waals surface area contributed by atoms with Crippen LogP contribution < -0.4 is 4.90 Å². The van der Waals surface area contributed by atoms with Crippen LogP contribution in [-0.4, -0.2) is 65.0 Å². The Morgan fingerprint density at radius 3 is 2.23 bits per heavy atom. The van der Waals surface area contributed by atoms with Gasteiger partial charge in [0.2, 0.25) is 0 Å². The lowest BCUT2D eigenvalue weighted by atomic mass is 10.1. The number of carbonyl (C=O) groups excluding carboxylic acids is 3. The second-order valence-electron chi connectivity index (χ2n) is 9.23. The Labute approximate surface area is 191 Å². The molecule has 0 aliphatic carbocycles. The van der Waals surface area contributed by atoms with Crippen LogP contribution >= 0.6 is 15.9 Å². The number of ether oxygens (including phenoxy) is 3. The highest BCUT2D eigenvalue weighted by molar-refractivity contribution is 9.10. The quantitative estimate of drug-likeness (QED) is 0.350. The summed E-state index contributed by atoms with van der Waals surface area (Å²) in [7, 11) is 1.25. The number of hydrogen-bond donors (Lipinski definition) is 0. The molecule has 2 atom stereocenters. The summed E-state index contributed by atoms with van der Waals surface area (Å²) in [6.07, 6.45) is -1.13. The Morgan fingerprint density at radius 2 is 1.71 bits per heavy atom. The van der Waals surface area contributed by atoms with E-state index in [1.165, 1.54) is 16.9 Å². The molecule has 1 aliphatic heterocycles. The van der Waals surface area contributed by atoms with Crippen LogP contribution in [0.1, 0.15) is 48.0 Å². The minimum atomic E-state index is -0.901. The fraction of sp³-hybridized carbons (Fsp3) is 0.619. The molecule has 1 aromatic heterocycles. The molecule has 2 amide bonds. The Bertz CT molecular complexity index is 833. The molecular formula is C21H30BrN3O6. The number of likely N-dealkylation sites (tertiary alicyclic amines) is 1. The number of esters is 1. The topological polar surface area (TPSA) is 98.3 Å². The van der Waals surface area contributed by atoms with Gasteiger partial charge in [-0.1, -0.05) is 6.07 Å². The molecule has 10 heteroatoms. The second-order valence-corrected chi connectivity index (χ2v) is 10.0. The standard InChI is InChI=1S/C21H30BrN3O6/c1-20(2,3)30-18(27)24-12-13(11-14(24)17(26)29-7)25(19(28)31-21(4,5)6)16-10-8-9-15(22)23-16/h8-10,13-14H,11-12H2,1-7H3/t13-,14-/m0/s1. The van der Waals surface area contributed by atoms with Gasteiger partial charge in [0.1, 0.15) is 27.7 Å². The number of hydrogen-bond acceptors (Lipinski definition) is 7. The predicted molar refractivity (Wildman–Crippen MR) is 118 cm³/mol. The van der Waals surface area contributed by atoms with Crippen molar-refractivity contribution in [1.29, 1.82) is 0 Å². The maximum absolute atomic E-state index is 13.1. The third-order valence-electron chi connectivity index (χ3n) is 4.28. The summed E-state index contributed by atoms with van der Waals surface area (Å²) in [5.41, 5.74) is -1.49. The molecule has 0 bridgehead atoms. The third kappa shape index (κ3) is 6.81. The van der Waals surface area contributed by atoms with Crippen LogP contribution in [0.4, 0.5) is 15.4 Å². The number of amides is 2. The molecule has 0 aromatic carbocycles. The van der Waals surface area contributed by atoms with Gasteiger partial charge >= 0.3 is 18.2 Å². The van der Waals surface area contributed by atoms with Crippen molar-refractivity contribution in [2.24, 2.45) is 0 Å². The van der Waals surface area contributed by atoms with Crippen LogP contribution in [0.5, 0.6) is 0 Å². The fourth-order valence-electron chi connectivity index (χ4n) is 3.16. The molecule has 9 nitrogen and oxygen atoms in total. The van der Waals surface area contributed by atoms with Gasteiger partial charge < -0.3 is 14.2 Å². The first-order valence-corrected chi connectivity index (χ1v) is 10.7. The van der Waals surface area contributed by atoms with Crippen molar-refractivity contribution in [2.45, 2.75) is 71.2 Å². The van der Waals surface area contributed by atoms with E-state index in [9.17, 15) is 14.4 Å². The van der Waals surface area contributed by atoms with Gasteiger partial charge in [-0.15, -0.1) is 0 Å². The van der Waals surface area contributed by atoms with Gasteiger partial charge in [0.15, 0.2) is 0 Å². The lowest BCUT2D eigenvalue weighted by molar-refractivity contribution is -0.145. The predicted octanol–water partition coefficient (Wildman–Crippen LogP) is 4.14. The van der Waals surface area contributed by atoms with Crippen LogP contribution in [-0.2, 0) is 19.0 Å². The highest BCUT2D eigenvalue weighted by Crippen LogP contribution is 2.30. The van der Waals surface area contributed by atoms with Gasteiger partial charge in [-0.05, 0) is 69.6 Å². The van der Waals surface area contributed by atoms with Gasteiger partial charge in [0.05, 0.1) is 13.2 Å². The lowest BCUT2D eigenvalue weighted by Gasteiger charge is -2.31. The molecule has 0 radical (unpaired) electrons. The number of aromatic nitrogens is 1. The van der Waals surface area contributed by atoms with Crippen LogP contribution in [0.25, 0.3) is 0 Å². The average molecular weight is 500 g/mol. The Kier molecular flexibility index (Phi) is 7.57. The van der Waals surface area contributed by atoms with Crippen molar-refractivity contribution in [1.82, 2.24) is 9.88 Å². The normalized spacial score (nSPS) is 19.0. The zero-order valence-corrected chi connectivity index (χ0v) is 20.6. The van der Waals surface area contributed by atoms with Crippen molar-refractivity contribution in [3.05, 3.63) is 22.8 Å². The molecule has 1 fully saturated rings. The maximum atomic E-state index is 13.1. The smallest absolute Gasteiger partial charge is 0.416 e. The molecule has 0 spiro atoms. The van der Waals surface area contributed by atoms with Gasteiger partial charge in [0, 0.05) is 13.0 Å². The minimum Gasteiger partial charge on any atom is -0.467 e. The first-order valence-electron chi connectivity index (χ1n) is 9.94.